The first-order valence-corrected chi connectivity index (χ1v) is 7.95. The minimum atomic E-state index is -0.623. The molecule has 2 rings (SSSR count). The SMILES string of the molecule is COC(=O)[C@H](CSS)n1sc2ccccc2c1=O. The van der Waals surface area contributed by atoms with E-state index in [0.29, 0.717) is 11.1 Å². The lowest BCUT2D eigenvalue weighted by atomic mass is 10.3. The molecule has 1 atom stereocenters. The number of thiol groups is 1. The van der Waals surface area contributed by atoms with E-state index < -0.39 is 12.0 Å². The van der Waals surface area contributed by atoms with E-state index in [9.17, 15) is 9.59 Å². The number of hydrogen-bond acceptors (Lipinski definition) is 6. The number of rotatable bonds is 4. The van der Waals surface area contributed by atoms with Gasteiger partial charge < -0.3 is 4.74 Å². The number of ether oxygens (including phenoxy) is 1. The molecule has 0 unspecified atom stereocenters. The maximum Gasteiger partial charge on any atom is 0.330 e. The summed E-state index contributed by atoms with van der Waals surface area (Å²) in [6.07, 6.45) is 0. The van der Waals surface area contributed by atoms with E-state index in [1.807, 2.05) is 12.1 Å². The number of carbonyl (C=O) groups is 1. The summed E-state index contributed by atoms with van der Waals surface area (Å²) in [7, 11) is 2.52. The molecule has 0 aliphatic heterocycles. The fraction of sp³-hybridized carbons (Fsp3) is 0.273. The first-order chi connectivity index (χ1) is 8.69. The summed E-state index contributed by atoms with van der Waals surface area (Å²) in [6.45, 7) is 0. The Morgan fingerprint density at radius 1 is 1.56 bits per heavy atom. The van der Waals surface area contributed by atoms with Crippen LogP contribution in [0.1, 0.15) is 6.04 Å². The van der Waals surface area contributed by atoms with Gasteiger partial charge in [-0.15, -0.1) is 11.7 Å². The van der Waals surface area contributed by atoms with Gasteiger partial charge in [0, 0.05) is 5.75 Å². The third-order valence-corrected chi connectivity index (χ3v) is 4.58. The van der Waals surface area contributed by atoms with Gasteiger partial charge in [0.1, 0.15) is 0 Å². The molecule has 0 saturated heterocycles. The molecular formula is C11H11NO3S3. The van der Waals surface area contributed by atoms with Crippen LogP contribution < -0.4 is 5.56 Å². The van der Waals surface area contributed by atoms with Crippen molar-refractivity contribution in [3.63, 3.8) is 0 Å². The zero-order valence-corrected chi connectivity index (χ0v) is 12.1. The van der Waals surface area contributed by atoms with Gasteiger partial charge in [-0.25, -0.2) is 8.75 Å². The maximum atomic E-state index is 12.2. The molecule has 0 radical (unpaired) electrons. The van der Waals surface area contributed by atoms with E-state index in [2.05, 4.69) is 11.7 Å². The predicted molar refractivity (Wildman–Crippen MR) is 78.6 cm³/mol. The molecule has 0 aliphatic carbocycles. The van der Waals surface area contributed by atoms with E-state index >= 15 is 0 Å². The Kier molecular flexibility index (Phi) is 4.36. The number of hydrogen-bond donors (Lipinski definition) is 1. The number of benzene rings is 1. The summed E-state index contributed by atoms with van der Waals surface area (Å²) < 4.78 is 7.05. The normalized spacial score (nSPS) is 12.6. The topological polar surface area (TPSA) is 48.3 Å². The lowest BCUT2D eigenvalue weighted by Crippen LogP contribution is -2.28. The van der Waals surface area contributed by atoms with Crippen LogP contribution in [0.5, 0.6) is 0 Å². The van der Waals surface area contributed by atoms with Crippen LogP contribution >= 0.6 is 34.0 Å². The second-order valence-electron chi connectivity index (χ2n) is 3.55. The number of nitrogens with zero attached hydrogens (tertiary/aromatic N) is 1. The van der Waals surface area contributed by atoms with Gasteiger partial charge in [0.2, 0.25) is 0 Å². The Morgan fingerprint density at radius 3 is 2.89 bits per heavy atom. The van der Waals surface area contributed by atoms with E-state index in [1.165, 1.54) is 33.4 Å². The summed E-state index contributed by atoms with van der Waals surface area (Å²) in [6, 6.07) is 6.67. The van der Waals surface area contributed by atoms with Crippen LogP contribution in [-0.2, 0) is 9.53 Å². The first kappa shape index (κ1) is 13.5. The van der Waals surface area contributed by atoms with Gasteiger partial charge in [0.05, 0.1) is 17.2 Å². The van der Waals surface area contributed by atoms with E-state index in [1.54, 1.807) is 12.1 Å². The molecule has 0 amide bonds. The standard InChI is InChI=1S/C11H11NO3S3/c1-15-11(14)8(6-17-16)12-10(13)7-4-2-3-5-9(7)18-12/h2-5,8,16H,6H2,1H3/t8-/m0/s1. The van der Waals surface area contributed by atoms with Gasteiger partial charge in [0.25, 0.3) is 5.56 Å². The van der Waals surface area contributed by atoms with Crippen molar-refractivity contribution >= 4 is 50.0 Å². The van der Waals surface area contributed by atoms with Gasteiger partial charge in [-0.3, -0.25) is 4.79 Å². The van der Waals surface area contributed by atoms with Crippen molar-refractivity contribution < 1.29 is 9.53 Å². The minimum Gasteiger partial charge on any atom is -0.467 e. The zero-order chi connectivity index (χ0) is 13.1. The molecule has 0 saturated carbocycles. The van der Waals surface area contributed by atoms with E-state index in [-0.39, 0.29) is 5.56 Å². The van der Waals surface area contributed by atoms with Crippen molar-refractivity contribution in [3.8, 4) is 0 Å². The van der Waals surface area contributed by atoms with Crippen LogP contribution in [0.25, 0.3) is 10.1 Å². The smallest absolute Gasteiger partial charge is 0.330 e. The highest BCUT2D eigenvalue weighted by atomic mass is 33.1. The largest absolute Gasteiger partial charge is 0.467 e. The second kappa shape index (κ2) is 5.81. The van der Waals surface area contributed by atoms with Crippen LogP contribution in [0, 0.1) is 0 Å². The van der Waals surface area contributed by atoms with Gasteiger partial charge in [-0.1, -0.05) is 34.5 Å². The molecule has 1 aromatic carbocycles. The molecule has 4 nitrogen and oxygen atoms in total. The third kappa shape index (κ3) is 2.43. The zero-order valence-electron chi connectivity index (χ0n) is 9.53. The van der Waals surface area contributed by atoms with Crippen molar-refractivity contribution in [2.24, 2.45) is 0 Å². The molecule has 2 aromatic rings. The van der Waals surface area contributed by atoms with Crippen LogP contribution in [0.2, 0.25) is 0 Å². The fourth-order valence-electron chi connectivity index (χ4n) is 1.63. The number of fused-ring (bicyclic) bond motifs is 1. The molecule has 1 aromatic heterocycles. The van der Waals surface area contributed by atoms with Gasteiger partial charge in [-0.2, -0.15) is 0 Å². The molecular weight excluding hydrogens is 290 g/mol. The number of esters is 1. The third-order valence-electron chi connectivity index (χ3n) is 2.50. The average molecular weight is 301 g/mol. The highest BCUT2D eigenvalue weighted by molar-refractivity contribution is 8.68. The van der Waals surface area contributed by atoms with Crippen LogP contribution in [0.4, 0.5) is 0 Å². The van der Waals surface area contributed by atoms with Crippen molar-refractivity contribution in [2.45, 2.75) is 6.04 Å². The second-order valence-corrected chi connectivity index (χ2v) is 5.94. The number of methoxy groups -OCH3 is 1. The van der Waals surface area contributed by atoms with Crippen molar-refractivity contribution in [1.82, 2.24) is 3.96 Å². The molecule has 7 heteroatoms. The Labute approximate surface area is 117 Å². The first-order valence-electron chi connectivity index (χ1n) is 5.13. The number of carbonyl (C=O) groups excluding carboxylic acids is 1. The summed E-state index contributed by atoms with van der Waals surface area (Å²) >= 11 is 5.31. The minimum absolute atomic E-state index is 0.159. The summed E-state index contributed by atoms with van der Waals surface area (Å²) in [5.74, 6) is -0.0344. The Bertz CT molecular complexity index is 619. The summed E-state index contributed by atoms with van der Waals surface area (Å²) in [5.41, 5.74) is -0.159. The molecule has 96 valence electrons. The highest BCUT2D eigenvalue weighted by Gasteiger charge is 2.24. The molecule has 0 bridgehead atoms. The Balaban J connectivity index is 2.54. The lowest BCUT2D eigenvalue weighted by molar-refractivity contribution is -0.143. The maximum absolute atomic E-state index is 12.2. The number of aromatic nitrogens is 1. The molecule has 0 fully saturated rings. The fourth-order valence-corrected chi connectivity index (χ4v) is 3.65. The highest BCUT2D eigenvalue weighted by Crippen LogP contribution is 2.23. The van der Waals surface area contributed by atoms with Gasteiger partial charge in [-0.05, 0) is 12.1 Å². The molecule has 0 spiro atoms. The monoisotopic (exact) mass is 301 g/mol. The van der Waals surface area contributed by atoms with Gasteiger partial charge in [0.15, 0.2) is 6.04 Å². The molecule has 1 heterocycles. The Hall–Kier alpha value is -0.920. The molecule has 0 aliphatic rings. The lowest BCUT2D eigenvalue weighted by Gasteiger charge is -2.12. The van der Waals surface area contributed by atoms with Crippen molar-refractivity contribution in [3.05, 3.63) is 34.6 Å². The summed E-state index contributed by atoms with van der Waals surface area (Å²) in [5, 5.41) is 0.626. The van der Waals surface area contributed by atoms with E-state index in [0.717, 1.165) is 4.70 Å². The van der Waals surface area contributed by atoms with Crippen LogP contribution in [0.3, 0.4) is 0 Å². The predicted octanol–water partition coefficient (Wildman–Crippen LogP) is 2.36. The van der Waals surface area contributed by atoms with Gasteiger partial charge >= 0.3 is 5.97 Å². The van der Waals surface area contributed by atoms with Crippen LogP contribution in [0.15, 0.2) is 29.1 Å². The molecule has 0 N–H and O–H groups in total. The molecule has 18 heavy (non-hydrogen) atoms. The van der Waals surface area contributed by atoms with E-state index in [4.69, 9.17) is 4.74 Å². The summed E-state index contributed by atoms with van der Waals surface area (Å²) in [4.78, 5) is 23.9. The van der Waals surface area contributed by atoms with Crippen LogP contribution in [-0.4, -0.2) is 22.8 Å². The Morgan fingerprint density at radius 2 is 2.28 bits per heavy atom. The quantitative estimate of drug-likeness (QED) is 0.535. The van der Waals surface area contributed by atoms with Crippen molar-refractivity contribution in [1.29, 1.82) is 0 Å². The average Bonchev–Trinajstić information content (AvgIpc) is 2.73. The van der Waals surface area contributed by atoms with Crippen molar-refractivity contribution in [2.75, 3.05) is 12.9 Å².